The molecule has 1 aliphatic heterocycles. The van der Waals surface area contributed by atoms with Crippen molar-refractivity contribution in [2.24, 2.45) is 5.92 Å². The third-order valence-electron chi connectivity index (χ3n) is 4.74. The first-order valence-corrected chi connectivity index (χ1v) is 8.39. The molecule has 1 amide bonds. The molecule has 0 bridgehead atoms. The smallest absolute Gasteiger partial charge is 0.257 e. The lowest BCUT2D eigenvalue weighted by Crippen LogP contribution is -2.40. The number of aliphatic hydroxyl groups is 1. The van der Waals surface area contributed by atoms with Crippen LogP contribution in [0.25, 0.3) is 0 Å². The average molecular weight is 325 g/mol. The minimum Gasteiger partial charge on any atom is -0.388 e. The highest BCUT2D eigenvalue weighted by atomic mass is 16.3. The lowest BCUT2D eigenvalue weighted by atomic mass is 9.87. The predicted molar refractivity (Wildman–Crippen MR) is 91.5 cm³/mol. The molecule has 0 radical (unpaired) electrons. The first-order chi connectivity index (χ1) is 11.6. The lowest BCUT2D eigenvalue weighted by molar-refractivity contribution is 0.0461. The van der Waals surface area contributed by atoms with Gasteiger partial charge in [-0.3, -0.25) is 4.79 Å². The highest BCUT2D eigenvalue weighted by Gasteiger charge is 2.29. The molecular weight excluding hydrogens is 302 g/mol. The Bertz CT molecular complexity index is 710. The molecule has 3 rings (SSSR count). The van der Waals surface area contributed by atoms with Crippen molar-refractivity contribution >= 4 is 5.91 Å². The first-order valence-electron chi connectivity index (χ1n) is 8.39. The van der Waals surface area contributed by atoms with E-state index < -0.39 is 6.10 Å². The Balaban J connectivity index is 1.63. The Kier molecular flexibility index (Phi) is 4.90. The quantitative estimate of drug-likeness (QED) is 0.942. The van der Waals surface area contributed by atoms with Crippen molar-refractivity contribution in [2.75, 3.05) is 13.1 Å². The summed E-state index contributed by atoms with van der Waals surface area (Å²) in [5.41, 5.74) is 2.24. The van der Waals surface area contributed by atoms with Crippen molar-refractivity contribution in [1.82, 2.24) is 14.9 Å². The molecule has 1 unspecified atom stereocenters. The number of carbonyl (C=O) groups excluding carboxylic acids is 1. The summed E-state index contributed by atoms with van der Waals surface area (Å²) in [6, 6.07) is 9.74. The number of carbonyl (C=O) groups is 1. The number of benzene rings is 1. The van der Waals surface area contributed by atoms with Gasteiger partial charge in [-0.25, -0.2) is 9.97 Å². The van der Waals surface area contributed by atoms with Crippen LogP contribution in [-0.2, 0) is 0 Å². The van der Waals surface area contributed by atoms with E-state index in [4.69, 9.17) is 0 Å². The summed E-state index contributed by atoms with van der Waals surface area (Å²) >= 11 is 0. The first kappa shape index (κ1) is 16.6. The van der Waals surface area contributed by atoms with Crippen molar-refractivity contribution < 1.29 is 9.90 Å². The van der Waals surface area contributed by atoms with Crippen LogP contribution in [0.3, 0.4) is 0 Å². The number of hydrogen-bond donors (Lipinski definition) is 1. The van der Waals surface area contributed by atoms with Gasteiger partial charge in [0.1, 0.15) is 5.82 Å². The van der Waals surface area contributed by atoms with Gasteiger partial charge in [-0.2, -0.15) is 0 Å². The van der Waals surface area contributed by atoms with E-state index in [0.717, 1.165) is 24.1 Å². The van der Waals surface area contributed by atoms with Crippen molar-refractivity contribution in [3.05, 3.63) is 59.2 Å². The van der Waals surface area contributed by atoms with E-state index in [1.54, 1.807) is 6.20 Å². The number of aryl methyl sites for hydroxylation is 2. The van der Waals surface area contributed by atoms with Crippen molar-refractivity contribution in [3.63, 3.8) is 0 Å². The Morgan fingerprint density at radius 1 is 1.21 bits per heavy atom. The Labute approximate surface area is 142 Å². The van der Waals surface area contributed by atoms with Gasteiger partial charge in [0.25, 0.3) is 5.91 Å². The number of aromatic nitrogens is 2. The summed E-state index contributed by atoms with van der Waals surface area (Å²) in [6.07, 6.45) is 2.75. The van der Waals surface area contributed by atoms with Crippen LogP contribution in [0.15, 0.2) is 36.5 Å². The van der Waals surface area contributed by atoms with Gasteiger partial charge in [0, 0.05) is 19.3 Å². The summed E-state index contributed by atoms with van der Waals surface area (Å²) in [5, 5.41) is 10.5. The third kappa shape index (κ3) is 3.46. The second-order valence-corrected chi connectivity index (χ2v) is 6.40. The number of nitrogens with zero attached hydrogens (tertiary/aromatic N) is 3. The highest BCUT2D eigenvalue weighted by Crippen LogP contribution is 2.31. The third-order valence-corrected chi connectivity index (χ3v) is 4.74. The maximum absolute atomic E-state index is 12.7. The summed E-state index contributed by atoms with van der Waals surface area (Å²) in [7, 11) is 0. The maximum atomic E-state index is 12.7. The summed E-state index contributed by atoms with van der Waals surface area (Å²) in [4.78, 5) is 22.9. The van der Waals surface area contributed by atoms with Crippen LogP contribution < -0.4 is 0 Å². The van der Waals surface area contributed by atoms with Crippen LogP contribution in [0.2, 0.25) is 0 Å². The zero-order chi connectivity index (χ0) is 17.1. The molecule has 0 saturated carbocycles. The van der Waals surface area contributed by atoms with E-state index in [2.05, 4.69) is 9.97 Å². The molecule has 1 atom stereocenters. The Morgan fingerprint density at radius 3 is 2.50 bits per heavy atom. The number of likely N-dealkylation sites (tertiary alicyclic amines) is 1. The summed E-state index contributed by atoms with van der Waals surface area (Å²) in [5.74, 6) is 0.848. The van der Waals surface area contributed by atoms with Crippen LogP contribution >= 0.6 is 0 Å². The molecule has 0 aliphatic carbocycles. The van der Waals surface area contributed by atoms with E-state index in [-0.39, 0.29) is 11.8 Å². The zero-order valence-corrected chi connectivity index (χ0v) is 14.1. The Morgan fingerprint density at radius 2 is 1.88 bits per heavy atom. The molecule has 0 spiro atoms. The minimum absolute atomic E-state index is 0.0137. The molecule has 24 heavy (non-hydrogen) atoms. The van der Waals surface area contributed by atoms with Crippen molar-refractivity contribution in [1.29, 1.82) is 0 Å². The number of amides is 1. The SMILES string of the molecule is Cc1ncc(C(=O)N2CCC(C(O)c3ccccc3)CC2)c(C)n1. The molecule has 1 aromatic carbocycles. The van der Waals surface area contributed by atoms with Crippen LogP contribution in [0, 0.1) is 19.8 Å². The maximum Gasteiger partial charge on any atom is 0.257 e. The largest absolute Gasteiger partial charge is 0.388 e. The topological polar surface area (TPSA) is 66.3 Å². The fourth-order valence-electron chi connectivity index (χ4n) is 3.30. The summed E-state index contributed by atoms with van der Waals surface area (Å²) < 4.78 is 0. The fraction of sp³-hybridized carbons (Fsp3) is 0.421. The van der Waals surface area contributed by atoms with Crippen molar-refractivity contribution in [2.45, 2.75) is 32.8 Å². The molecule has 1 aromatic heterocycles. The van der Waals surface area contributed by atoms with Crippen LogP contribution in [-0.4, -0.2) is 39.0 Å². The van der Waals surface area contributed by atoms with E-state index >= 15 is 0 Å². The van der Waals surface area contributed by atoms with Crippen LogP contribution in [0.1, 0.15) is 46.4 Å². The molecule has 2 aromatic rings. The number of piperidine rings is 1. The number of aliphatic hydroxyl groups excluding tert-OH is 1. The normalized spacial score (nSPS) is 16.9. The van der Waals surface area contributed by atoms with E-state index in [0.29, 0.717) is 24.5 Å². The predicted octanol–water partition coefficient (Wildman–Crippen LogP) is 2.68. The van der Waals surface area contributed by atoms with Crippen molar-refractivity contribution in [3.8, 4) is 0 Å². The molecule has 2 heterocycles. The zero-order valence-electron chi connectivity index (χ0n) is 14.1. The van der Waals surface area contributed by atoms with Crippen LogP contribution in [0.5, 0.6) is 0 Å². The van der Waals surface area contributed by atoms with Crippen LogP contribution in [0.4, 0.5) is 0 Å². The molecule has 1 N–H and O–H groups in total. The van der Waals surface area contributed by atoms with E-state index in [1.807, 2.05) is 49.1 Å². The molecular formula is C19H23N3O2. The molecule has 1 fully saturated rings. The number of hydrogen-bond acceptors (Lipinski definition) is 4. The number of rotatable bonds is 3. The second-order valence-electron chi connectivity index (χ2n) is 6.40. The fourth-order valence-corrected chi connectivity index (χ4v) is 3.30. The average Bonchev–Trinajstić information content (AvgIpc) is 2.61. The van der Waals surface area contributed by atoms with Gasteiger partial charge in [-0.05, 0) is 38.2 Å². The lowest BCUT2D eigenvalue weighted by Gasteiger charge is -2.34. The standard InChI is InChI=1S/C19H23N3O2/c1-13-17(12-20-14(2)21-13)19(24)22-10-8-16(9-11-22)18(23)15-6-4-3-5-7-15/h3-7,12,16,18,23H,8-11H2,1-2H3. The highest BCUT2D eigenvalue weighted by molar-refractivity contribution is 5.95. The van der Waals surface area contributed by atoms with Gasteiger partial charge in [-0.15, -0.1) is 0 Å². The molecule has 5 nitrogen and oxygen atoms in total. The summed E-state index contributed by atoms with van der Waals surface area (Å²) in [6.45, 7) is 4.97. The van der Waals surface area contributed by atoms with Gasteiger partial charge < -0.3 is 10.0 Å². The molecule has 126 valence electrons. The van der Waals surface area contributed by atoms with Gasteiger partial charge in [-0.1, -0.05) is 30.3 Å². The molecule has 5 heteroatoms. The van der Waals surface area contributed by atoms with E-state index in [1.165, 1.54) is 0 Å². The minimum atomic E-state index is -0.465. The van der Waals surface area contributed by atoms with Gasteiger partial charge in [0.2, 0.25) is 0 Å². The molecule has 1 saturated heterocycles. The Hall–Kier alpha value is -2.27. The van der Waals surface area contributed by atoms with E-state index in [9.17, 15) is 9.90 Å². The van der Waals surface area contributed by atoms with Gasteiger partial charge >= 0.3 is 0 Å². The second kappa shape index (κ2) is 7.09. The van der Waals surface area contributed by atoms with Gasteiger partial charge in [0.05, 0.1) is 17.4 Å². The molecule has 1 aliphatic rings. The monoisotopic (exact) mass is 325 g/mol. The van der Waals surface area contributed by atoms with Gasteiger partial charge in [0.15, 0.2) is 0 Å².